The van der Waals surface area contributed by atoms with Gasteiger partial charge in [-0.05, 0) is 55.3 Å². The standard InChI is InChI=1S/C25H24N4O2/c1-18-7-8-22(15-19(18)2)31-14-13-29-17-21(23-5-3-4-6-24(23)29)16-27-28-25(30)20-9-11-26-12-10-20/h3-12,15-17H,13-14H2,1-2H3,(H,28,30)/b27-16+. The van der Waals surface area contributed by atoms with Crippen molar-refractivity contribution < 1.29 is 9.53 Å². The summed E-state index contributed by atoms with van der Waals surface area (Å²) in [6.45, 7) is 5.43. The van der Waals surface area contributed by atoms with Crippen LogP contribution in [0.2, 0.25) is 0 Å². The van der Waals surface area contributed by atoms with E-state index >= 15 is 0 Å². The van der Waals surface area contributed by atoms with Gasteiger partial charge < -0.3 is 9.30 Å². The molecule has 0 atom stereocenters. The molecule has 0 fully saturated rings. The van der Waals surface area contributed by atoms with E-state index in [0.717, 1.165) is 22.2 Å². The van der Waals surface area contributed by atoms with Crippen LogP contribution in [-0.4, -0.2) is 28.3 Å². The summed E-state index contributed by atoms with van der Waals surface area (Å²) in [7, 11) is 0. The minimum atomic E-state index is -0.274. The van der Waals surface area contributed by atoms with E-state index in [1.54, 1.807) is 30.7 Å². The first-order chi connectivity index (χ1) is 15.1. The Morgan fingerprint density at radius 1 is 1.10 bits per heavy atom. The fourth-order valence-electron chi connectivity index (χ4n) is 3.36. The van der Waals surface area contributed by atoms with E-state index in [1.807, 2.05) is 30.5 Å². The van der Waals surface area contributed by atoms with Crippen LogP contribution in [0.4, 0.5) is 0 Å². The second-order valence-corrected chi connectivity index (χ2v) is 7.32. The number of hydrazone groups is 1. The zero-order valence-electron chi connectivity index (χ0n) is 17.6. The van der Waals surface area contributed by atoms with Crippen LogP contribution in [0.15, 0.2) is 78.3 Å². The predicted molar refractivity (Wildman–Crippen MR) is 123 cm³/mol. The lowest BCUT2D eigenvalue weighted by molar-refractivity contribution is 0.0955. The van der Waals surface area contributed by atoms with E-state index in [-0.39, 0.29) is 5.91 Å². The molecule has 4 rings (SSSR count). The fourth-order valence-corrected chi connectivity index (χ4v) is 3.36. The first-order valence-electron chi connectivity index (χ1n) is 10.1. The number of hydrogen-bond donors (Lipinski definition) is 1. The van der Waals surface area contributed by atoms with Gasteiger partial charge in [0.15, 0.2) is 0 Å². The molecule has 156 valence electrons. The van der Waals surface area contributed by atoms with Crippen LogP contribution in [0.1, 0.15) is 27.0 Å². The van der Waals surface area contributed by atoms with E-state index < -0.39 is 0 Å². The van der Waals surface area contributed by atoms with Gasteiger partial charge >= 0.3 is 0 Å². The van der Waals surface area contributed by atoms with Gasteiger partial charge in [-0.2, -0.15) is 5.10 Å². The predicted octanol–water partition coefficient (Wildman–Crippen LogP) is 4.50. The maximum Gasteiger partial charge on any atom is 0.271 e. The van der Waals surface area contributed by atoms with Gasteiger partial charge in [-0.15, -0.1) is 0 Å². The molecule has 2 aromatic carbocycles. The van der Waals surface area contributed by atoms with E-state index in [4.69, 9.17) is 4.74 Å². The Hall–Kier alpha value is -3.93. The minimum absolute atomic E-state index is 0.274. The third-order valence-corrected chi connectivity index (χ3v) is 5.21. The van der Waals surface area contributed by atoms with Crippen LogP contribution >= 0.6 is 0 Å². The Morgan fingerprint density at radius 2 is 1.90 bits per heavy atom. The van der Waals surface area contributed by atoms with Crippen molar-refractivity contribution in [3.63, 3.8) is 0 Å². The normalized spacial score (nSPS) is 11.2. The summed E-state index contributed by atoms with van der Waals surface area (Å²) in [5.74, 6) is 0.601. The third-order valence-electron chi connectivity index (χ3n) is 5.21. The van der Waals surface area contributed by atoms with Crippen molar-refractivity contribution in [2.45, 2.75) is 20.4 Å². The molecule has 6 heteroatoms. The minimum Gasteiger partial charge on any atom is -0.492 e. The number of rotatable bonds is 7. The highest BCUT2D eigenvalue weighted by Crippen LogP contribution is 2.21. The molecule has 2 heterocycles. The summed E-state index contributed by atoms with van der Waals surface area (Å²) < 4.78 is 8.09. The smallest absolute Gasteiger partial charge is 0.271 e. The number of aryl methyl sites for hydroxylation is 2. The Bertz CT molecular complexity index is 1230. The molecule has 0 unspecified atom stereocenters. The van der Waals surface area contributed by atoms with Crippen molar-refractivity contribution in [3.05, 3.63) is 95.4 Å². The summed E-state index contributed by atoms with van der Waals surface area (Å²) in [5, 5.41) is 5.20. The van der Waals surface area contributed by atoms with Crippen LogP contribution < -0.4 is 10.2 Å². The number of aromatic nitrogens is 2. The zero-order valence-corrected chi connectivity index (χ0v) is 17.6. The Kier molecular flexibility index (Phi) is 6.08. The van der Waals surface area contributed by atoms with Crippen LogP contribution in [0.25, 0.3) is 10.9 Å². The van der Waals surface area contributed by atoms with E-state index in [1.165, 1.54) is 11.1 Å². The molecule has 2 aromatic heterocycles. The van der Waals surface area contributed by atoms with Crippen LogP contribution in [-0.2, 0) is 6.54 Å². The highest BCUT2D eigenvalue weighted by Gasteiger charge is 2.08. The van der Waals surface area contributed by atoms with Crippen LogP contribution in [0.3, 0.4) is 0 Å². The van der Waals surface area contributed by atoms with E-state index in [9.17, 15) is 4.79 Å². The molecule has 0 aliphatic carbocycles. The first kappa shape index (κ1) is 20.3. The van der Waals surface area contributed by atoms with Crippen molar-refractivity contribution in [1.82, 2.24) is 15.0 Å². The van der Waals surface area contributed by atoms with Crippen LogP contribution in [0, 0.1) is 13.8 Å². The van der Waals surface area contributed by atoms with Gasteiger partial charge in [-0.3, -0.25) is 9.78 Å². The summed E-state index contributed by atoms with van der Waals surface area (Å²) >= 11 is 0. The maximum atomic E-state index is 12.2. The Labute approximate surface area is 181 Å². The lowest BCUT2D eigenvalue weighted by atomic mass is 10.1. The quantitative estimate of drug-likeness (QED) is 0.359. The molecule has 0 saturated heterocycles. The molecule has 0 aliphatic heterocycles. The number of benzene rings is 2. The number of nitrogens with one attached hydrogen (secondary N) is 1. The lowest BCUT2D eigenvalue weighted by Crippen LogP contribution is -2.17. The van der Waals surface area contributed by atoms with Crippen molar-refractivity contribution in [2.75, 3.05) is 6.61 Å². The largest absolute Gasteiger partial charge is 0.492 e. The Balaban J connectivity index is 1.45. The average molecular weight is 412 g/mol. The molecule has 0 aliphatic rings. The Morgan fingerprint density at radius 3 is 2.71 bits per heavy atom. The topological polar surface area (TPSA) is 68.5 Å². The van der Waals surface area contributed by atoms with Crippen LogP contribution in [0.5, 0.6) is 5.75 Å². The molecule has 31 heavy (non-hydrogen) atoms. The van der Waals surface area contributed by atoms with Gasteiger partial charge in [0.05, 0.1) is 12.8 Å². The summed E-state index contributed by atoms with van der Waals surface area (Å²) in [6, 6.07) is 17.5. The second-order valence-electron chi connectivity index (χ2n) is 7.32. The van der Waals surface area contributed by atoms with Gasteiger partial charge in [0.2, 0.25) is 0 Å². The van der Waals surface area contributed by atoms with Crippen molar-refractivity contribution in [2.24, 2.45) is 5.10 Å². The molecule has 0 bridgehead atoms. The highest BCUT2D eigenvalue weighted by molar-refractivity contribution is 6.00. The van der Waals surface area contributed by atoms with Gasteiger partial charge in [-0.25, -0.2) is 5.43 Å². The van der Waals surface area contributed by atoms with E-state index in [0.29, 0.717) is 18.7 Å². The molecule has 0 radical (unpaired) electrons. The van der Waals surface area contributed by atoms with Gasteiger partial charge in [-0.1, -0.05) is 24.3 Å². The fraction of sp³-hybridized carbons (Fsp3) is 0.160. The lowest BCUT2D eigenvalue weighted by Gasteiger charge is -2.10. The molecule has 0 spiro atoms. The maximum absolute atomic E-state index is 12.2. The number of fused-ring (bicyclic) bond motifs is 1. The molecule has 1 amide bonds. The number of ether oxygens (including phenoxy) is 1. The first-order valence-corrected chi connectivity index (χ1v) is 10.1. The summed E-state index contributed by atoms with van der Waals surface area (Å²) in [4.78, 5) is 16.1. The number of carbonyl (C=O) groups excluding carboxylic acids is 1. The number of hydrogen-bond acceptors (Lipinski definition) is 4. The number of carbonyl (C=O) groups is 1. The number of para-hydroxylation sites is 1. The summed E-state index contributed by atoms with van der Waals surface area (Å²) in [6.07, 6.45) is 6.84. The monoisotopic (exact) mass is 412 g/mol. The molecular weight excluding hydrogens is 388 g/mol. The van der Waals surface area contributed by atoms with Gasteiger partial charge in [0, 0.05) is 40.6 Å². The van der Waals surface area contributed by atoms with E-state index in [2.05, 4.69) is 52.1 Å². The molecular formula is C25H24N4O2. The molecule has 6 nitrogen and oxygen atoms in total. The number of nitrogens with zero attached hydrogens (tertiary/aromatic N) is 3. The van der Waals surface area contributed by atoms with Gasteiger partial charge in [0.25, 0.3) is 5.91 Å². The number of pyridine rings is 1. The van der Waals surface area contributed by atoms with Gasteiger partial charge in [0.1, 0.15) is 12.4 Å². The van der Waals surface area contributed by atoms with Crippen molar-refractivity contribution in [1.29, 1.82) is 0 Å². The number of amides is 1. The highest BCUT2D eigenvalue weighted by atomic mass is 16.5. The third kappa shape index (κ3) is 4.80. The molecule has 0 saturated carbocycles. The van der Waals surface area contributed by atoms with Crippen molar-refractivity contribution >= 4 is 23.0 Å². The molecule has 4 aromatic rings. The van der Waals surface area contributed by atoms with Crippen molar-refractivity contribution in [3.8, 4) is 5.75 Å². The SMILES string of the molecule is Cc1ccc(OCCn2cc(/C=N/NC(=O)c3ccncc3)c3ccccc32)cc1C. The summed E-state index contributed by atoms with van der Waals surface area (Å²) in [5.41, 5.74) is 7.57. The molecule has 1 N–H and O–H groups in total. The second kappa shape index (κ2) is 9.26. The zero-order chi connectivity index (χ0) is 21.6. The average Bonchev–Trinajstić information content (AvgIpc) is 3.14.